The highest BCUT2D eigenvalue weighted by Gasteiger charge is 2.34. The summed E-state index contributed by atoms with van der Waals surface area (Å²) in [5.41, 5.74) is -0.00788. The smallest absolute Gasteiger partial charge is 0.220 e. The van der Waals surface area contributed by atoms with Gasteiger partial charge in [-0.2, -0.15) is 0 Å². The summed E-state index contributed by atoms with van der Waals surface area (Å²) in [4.78, 5) is 11.8. The fourth-order valence-electron chi connectivity index (χ4n) is 2.57. The van der Waals surface area contributed by atoms with Crippen LogP contribution in [0.25, 0.3) is 0 Å². The molecule has 0 saturated carbocycles. The van der Waals surface area contributed by atoms with Crippen LogP contribution in [0, 0.1) is 0 Å². The molecule has 1 saturated heterocycles. The van der Waals surface area contributed by atoms with Gasteiger partial charge in [0.2, 0.25) is 5.91 Å². The summed E-state index contributed by atoms with van der Waals surface area (Å²) in [7, 11) is 0. The number of hydrogen-bond acceptors (Lipinski definition) is 2. The van der Waals surface area contributed by atoms with E-state index in [-0.39, 0.29) is 11.5 Å². The number of amides is 1. The molecule has 4 heteroatoms. The molecule has 3 nitrogen and oxygen atoms in total. The van der Waals surface area contributed by atoms with E-state index in [0.29, 0.717) is 12.5 Å². The van der Waals surface area contributed by atoms with Crippen molar-refractivity contribution in [3.05, 3.63) is 0 Å². The third-order valence-electron chi connectivity index (χ3n) is 3.93. The van der Waals surface area contributed by atoms with E-state index in [1.807, 2.05) is 0 Å². The molecular formula is C14H26BrNO2. The standard InChI is InChI=1S/C14H26BrNO2/c1-3-14(4-2)11-12(8-10-18-14)16-13(17)7-5-6-9-15/h12H,3-11H2,1-2H3,(H,16,17). The minimum Gasteiger partial charge on any atom is -0.375 e. The first-order chi connectivity index (χ1) is 8.65. The van der Waals surface area contributed by atoms with E-state index < -0.39 is 0 Å². The van der Waals surface area contributed by atoms with Crippen molar-refractivity contribution in [1.29, 1.82) is 0 Å². The Hall–Kier alpha value is -0.0900. The van der Waals surface area contributed by atoms with Gasteiger partial charge in [-0.1, -0.05) is 29.8 Å². The number of carbonyl (C=O) groups excluding carboxylic acids is 1. The average Bonchev–Trinajstić information content (AvgIpc) is 2.39. The van der Waals surface area contributed by atoms with Crippen LogP contribution in [0.5, 0.6) is 0 Å². The second-order valence-electron chi connectivity index (χ2n) is 5.14. The lowest BCUT2D eigenvalue weighted by Gasteiger charge is -2.40. The summed E-state index contributed by atoms with van der Waals surface area (Å²) < 4.78 is 5.92. The molecule has 1 amide bonds. The van der Waals surface area contributed by atoms with Crippen LogP contribution in [0.3, 0.4) is 0 Å². The Labute approximate surface area is 119 Å². The summed E-state index contributed by atoms with van der Waals surface area (Å²) in [5, 5.41) is 4.15. The van der Waals surface area contributed by atoms with Crippen molar-refractivity contribution < 1.29 is 9.53 Å². The number of unbranched alkanes of at least 4 members (excludes halogenated alkanes) is 1. The van der Waals surface area contributed by atoms with E-state index in [0.717, 1.165) is 50.5 Å². The lowest BCUT2D eigenvalue weighted by molar-refractivity contribution is -0.126. The highest BCUT2D eigenvalue weighted by Crippen LogP contribution is 2.31. The van der Waals surface area contributed by atoms with Crippen LogP contribution in [0.1, 0.15) is 58.8 Å². The van der Waals surface area contributed by atoms with Crippen LogP contribution in [-0.4, -0.2) is 29.5 Å². The molecule has 18 heavy (non-hydrogen) atoms. The number of hydrogen-bond donors (Lipinski definition) is 1. The molecule has 0 aliphatic carbocycles. The fourth-order valence-corrected chi connectivity index (χ4v) is 2.97. The second-order valence-corrected chi connectivity index (χ2v) is 5.93. The Balaban J connectivity index is 2.35. The number of rotatable bonds is 7. The van der Waals surface area contributed by atoms with Crippen LogP contribution < -0.4 is 5.32 Å². The van der Waals surface area contributed by atoms with Gasteiger partial charge in [-0.05, 0) is 38.5 Å². The van der Waals surface area contributed by atoms with Gasteiger partial charge in [0, 0.05) is 24.4 Å². The third-order valence-corrected chi connectivity index (χ3v) is 4.49. The molecule has 0 spiro atoms. The molecule has 0 bridgehead atoms. The van der Waals surface area contributed by atoms with Gasteiger partial charge in [-0.25, -0.2) is 0 Å². The van der Waals surface area contributed by atoms with Gasteiger partial charge in [0.1, 0.15) is 0 Å². The van der Waals surface area contributed by atoms with Gasteiger partial charge in [0.25, 0.3) is 0 Å². The summed E-state index contributed by atoms with van der Waals surface area (Å²) in [6.07, 6.45) is 6.64. The Morgan fingerprint density at radius 2 is 2.11 bits per heavy atom. The SMILES string of the molecule is CCC1(CC)CC(NC(=O)CCCCBr)CCO1. The lowest BCUT2D eigenvalue weighted by atomic mass is 9.86. The van der Waals surface area contributed by atoms with Crippen LogP contribution in [0.4, 0.5) is 0 Å². The van der Waals surface area contributed by atoms with Gasteiger partial charge < -0.3 is 10.1 Å². The molecule has 1 aliphatic heterocycles. The topological polar surface area (TPSA) is 38.3 Å². The molecule has 0 radical (unpaired) electrons. The summed E-state index contributed by atoms with van der Waals surface area (Å²) >= 11 is 3.38. The highest BCUT2D eigenvalue weighted by atomic mass is 79.9. The Kier molecular flexibility index (Phi) is 7.23. The van der Waals surface area contributed by atoms with Crippen molar-refractivity contribution in [3.63, 3.8) is 0 Å². The Morgan fingerprint density at radius 3 is 2.72 bits per heavy atom. The van der Waals surface area contributed by atoms with Crippen LogP contribution >= 0.6 is 15.9 Å². The summed E-state index contributed by atoms with van der Waals surface area (Å²) in [6, 6.07) is 0.301. The van der Waals surface area contributed by atoms with Crippen molar-refractivity contribution >= 4 is 21.8 Å². The van der Waals surface area contributed by atoms with Crippen LogP contribution in [0.2, 0.25) is 0 Å². The zero-order chi connectivity index (χ0) is 13.4. The van der Waals surface area contributed by atoms with Gasteiger partial charge in [0.05, 0.1) is 5.60 Å². The monoisotopic (exact) mass is 319 g/mol. The molecule has 1 fully saturated rings. The number of alkyl halides is 1. The Bertz CT molecular complexity index is 254. The maximum atomic E-state index is 11.8. The Morgan fingerprint density at radius 1 is 1.39 bits per heavy atom. The lowest BCUT2D eigenvalue weighted by Crippen LogP contribution is -2.48. The van der Waals surface area contributed by atoms with Crippen molar-refractivity contribution in [1.82, 2.24) is 5.32 Å². The molecule has 0 aromatic heterocycles. The van der Waals surface area contributed by atoms with Crippen molar-refractivity contribution in [2.24, 2.45) is 0 Å². The van der Waals surface area contributed by atoms with Crippen LogP contribution in [0.15, 0.2) is 0 Å². The first-order valence-corrected chi connectivity index (χ1v) is 8.27. The van der Waals surface area contributed by atoms with Gasteiger partial charge >= 0.3 is 0 Å². The normalized spacial score (nSPS) is 22.7. The zero-order valence-corrected chi connectivity index (χ0v) is 13.2. The predicted octanol–water partition coefficient (Wildman–Crippen LogP) is 3.41. The summed E-state index contributed by atoms with van der Waals surface area (Å²) in [5.74, 6) is 0.198. The van der Waals surface area contributed by atoms with E-state index in [1.165, 1.54) is 0 Å². The fraction of sp³-hybridized carbons (Fsp3) is 0.929. The van der Waals surface area contributed by atoms with Gasteiger partial charge in [0.15, 0.2) is 0 Å². The summed E-state index contributed by atoms with van der Waals surface area (Å²) in [6.45, 7) is 5.11. The number of halogens is 1. The maximum absolute atomic E-state index is 11.8. The van der Waals surface area contributed by atoms with E-state index >= 15 is 0 Å². The molecule has 1 rings (SSSR count). The van der Waals surface area contributed by atoms with E-state index in [2.05, 4.69) is 35.1 Å². The zero-order valence-electron chi connectivity index (χ0n) is 11.6. The first kappa shape index (κ1) is 16.0. The molecule has 1 atom stereocenters. The van der Waals surface area contributed by atoms with Crippen LogP contribution in [-0.2, 0) is 9.53 Å². The molecule has 1 heterocycles. The average molecular weight is 320 g/mol. The number of nitrogens with one attached hydrogen (secondary N) is 1. The van der Waals surface area contributed by atoms with Gasteiger partial charge in [-0.3, -0.25) is 4.79 Å². The maximum Gasteiger partial charge on any atom is 0.220 e. The molecule has 0 aromatic carbocycles. The molecule has 106 valence electrons. The van der Waals surface area contributed by atoms with Crippen molar-refractivity contribution in [2.75, 3.05) is 11.9 Å². The quantitative estimate of drug-likeness (QED) is 0.577. The van der Waals surface area contributed by atoms with E-state index in [4.69, 9.17) is 4.74 Å². The van der Waals surface area contributed by atoms with Crippen molar-refractivity contribution in [3.8, 4) is 0 Å². The number of ether oxygens (including phenoxy) is 1. The van der Waals surface area contributed by atoms with Crippen molar-refractivity contribution in [2.45, 2.75) is 70.4 Å². The minimum atomic E-state index is -0.00788. The minimum absolute atomic E-state index is 0.00788. The predicted molar refractivity (Wildman–Crippen MR) is 78.1 cm³/mol. The molecular weight excluding hydrogens is 294 g/mol. The molecule has 1 aliphatic rings. The molecule has 0 aromatic rings. The second kappa shape index (κ2) is 8.16. The number of carbonyl (C=O) groups is 1. The van der Waals surface area contributed by atoms with E-state index in [9.17, 15) is 4.79 Å². The largest absolute Gasteiger partial charge is 0.375 e. The molecule has 1 N–H and O–H groups in total. The third kappa shape index (κ3) is 4.88. The first-order valence-electron chi connectivity index (χ1n) is 7.15. The molecule has 1 unspecified atom stereocenters. The van der Waals surface area contributed by atoms with E-state index in [1.54, 1.807) is 0 Å². The highest BCUT2D eigenvalue weighted by molar-refractivity contribution is 9.09. The van der Waals surface area contributed by atoms with Gasteiger partial charge in [-0.15, -0.1) is 0 Å².